The van der Waals surface area contributed by atoms with E-state index in [0.717, 1.165) is 28.7 Å². The minimum Gasteiger partial charge on any atom is -0.346 e. The fourth-order valence-electron chi connectivity index (χ4n) is 1.88. The third kappa shape index (κ3) is 2.82. The molecule has 0 radical (unpaired) electrons. The van der Waals surface area contributed by atoms with Gasteiger partial charge in [0.25, 0.3) is 0 Å². The van der Waals surface area contributed by atoms with E-state index in [1.54, 1.807) is 0 Å². The molecule has 1 aromatic rings. The van der Waals surface area contributed by atoms with E-state index in [4.69, 9.17) is 0 Å². The first kappa shape index (κ1) is 13.3. The number of benzene rings is 1. The Hall–Kier alpha value is -1.13. The van der Waals surface area contributed by atoms with Crippen LogP contribution in [0.4, 0.5) is 0 Å². The summed E-state index contributed by atoms with van der Waals surface area (Å²) >= 11 is 3.50. The molecule has 96 valence electrons. The molecule has 0 bridgehead atoms. The number of hydrogen-bond donors (Lipinski definition) is 2. The van der Waals surface area contributed by atoms with E-state index in [9.17, 15) is 4.79 Å². The zero-order chi connectivity index (χ0) is 13.1. The van der Waals surface area contributed by atoms with Gasteiger partial charge in [0.15, 0.2) is 0 Å². The van der Waals surface area contributed by atoms with Crippen molar-refractivity contribution >= 4 is 21.8 Å². The largest absolute Gasteiger partial charge is 0.346 e. The van der Waals surface area contributed by atoms with E-state index < -0.39 is 0 Å². The Morgan fingerprint density at radius 3 is 2.61 bits per heavy atom. The first-order valence-electron chi connectivity index (χ1n) is 6.04. The van der Waals surface area contributed by atoms with E-state index in [1.165, 1.54) is 5.57 Å². The number of nitrogens with one attached hydrogen (secondary N) is 2. The van der Waals surface area contributed by atoms with Gasteiger partial charge in [-0.1, -0.05) is 34.1 Å². The van der Waals surface area contributed by atoms with Crippen molar-refractivity contribution in [2.24, 2.45) is 0 Å². The van der Waals surface area contributed by atoms with Crippen molar-refractivity contribution in [1.29, 1.82) is 0 Å². The lowest BCUT2D eigenvalue weighted by Gasteiger charge is -2.23. The Kier molecular flexibility index (Phi) is 4.19. The summed E-state index contributed by atoms with van der Waals surface area (Å²) in [6, 6.07) is 7.94. The molecule has 1 heterocycles. The van der Waals surface area contributed by atoms with Crippen LogP contribution in [-0.4, -0.2) is 19.0 Å². The molecule has 0 saturated carbocycles. The summed E-state index contributed by atoms with van der Waals surface area (Å²) in [5.74, 6) is 0.0229. The van der Waals surface area contributed by atoms with Crippen molar-refractivity contribution in [3.8, 4) is 0 Å². The second kappa shape index (κ2) is 5.67. The SMILES string of the molecule is CC(C(=O)NC(C)c1ccccc1Br)=C1CNC1. The highest BCUT2D eigenvalue weighted by atomic mass is 79.9. The molecule has 1 aromatic carbocycles. The predicted molar refractivity (Wildman–Crippen MR) is 76.3 cm³/mol. The Morgan fingerprint density at radius 2 is 2.06 bits per heavy atom. The Balaban J connectivity index is 2.06. The number of carbonyl (C=O) groups is 1. The summed E-state index contributed by atoms with van der Waals surface area (Å²) in [5, 5.41) is 6.18. The van der Waals surface area contributed by atoms with E-state index in [1.807, 2.05) is 38.1 Å². The molecule has 1 atom stereocenters. The van der Waals surface area contributed by atoms with Gasteiger partial charge in [-0.2, -0.15) is 0 Å². The van der Waals surface area contributed by atoms with Crippen LogP contribution >= 0.6 is 15.9 Å². The van der Waals surface area contributed by atoms with Crippen molar-refractivity contribution in [2.75, 3.05) is 13.1 Å². The van der Waals surface area contributed by atoms with E-state index in [-0.39, 0.29) is 11.9 Å². The van der Waals surface area contributed by atoms with Gasteiger partial charge in [0, 0.05) is 23.1 Å². The van der Waals surface area contributed by atoms with Crippen molar-refractivity contribution in [3.05, 3.63) is 45.4 Å². The lowest BCUT2D eigenvalue weighted by Crippen LogP contribution is -2.38. The molecule has 1 fully saturated rings. The second-order valence-electron chi connectivity index (χ2n) is 4.55. The molecule has 1 aliphatic rings. The van der Waals surface area contributed by atoms with Crippen LogP contribution in [0.3, 0.4) is 0 Å². The normalized spacial score (nSPS) is 15.8. The molecule has 2 N–H and O–H groups in total. The number of hydrogen-bond acceptors (Lipinski definition) is 2. The quantitative estimate of drug-likeness (QED) is 0.843. The maximum atomic E-state index is 12.1. The molecule has 1 amide bonds. The summed E-state index contributed by atoms with van der Waals surface area (Å²) in [6.45, 7) is 5.55. The number of rotatable bonds is 3. The van der Waals surface area contributed by atoms with Crippen LogP contribution in [0.5, 0.6) is 0 Å². The molecule has 4 heteroatoms. The van der Waals surface area contributed by atoms with Gasteiger partial charge < -0.3 is 10.6 Å². The van der Waals surface area contributed by atoms with Crippen molar-refractivity contribution < 1.29 is 4.79 Å². The number of amides is 1. The summed E-state index contributed by atoms with van der Waals surface area (Å²) in [4.78, 5) is 12.1. The highest BCUT2D eigenvalue weighted by molar-refractivity contribution is 9.10. The molecular weight excluding hydrogens is 292 g/mol. The topological polar surface area (TPSA) is 41.1 Å². The van der Waals surface area contributed by atoms with Gasteiger partial charge in [-0.05, 0) is 31.1 Å². The molecule has 0 aliphatic carbocycles. The Labute approximate surface area is 116 Å². The van der Waals surface area contributed by atoms with Gasteiger partial charge in [-0.15, -0.1) is 0 Å². The van der Waals surface area contributed by atoms with Crippen LogP contribution < -0.4 is 10.6 Å². The molecule has 2 rings (SSSR count). The molecule has 1 aliphatic heterocycles. The van der Waals surface area contributed by atoms with Gasteiger partial charge in [0.05, 0.1) is 6.04 Å². The van der Waals surface area contributed by atoms with Gasteiger partial charge in [-0.3, -0.25) is 4.79 Å². The molecule has 0 aromatic heterocycles. The zero-order valence-electron chi connectivity index (χ0n) is 10.6. The van der Waals surface area contributed by atoms with Crippen LogP contribution in [0, 0.1) is 0 Å². The molecular formula is C14H17BrN2O. The minimum absolute atomic E-state index is 0.00309. The molecule has 1 saturated heterocycles. The van der Waals surface area contributed by atoms with Crippen LogP contribution in [0.25, 0.3) is 0 Å². The Morgan fingerprint density at radius 1 is 1.39 bits per heavy atom. The van der Waals surface area contributed by atoms with Crippen molar-refractivity contribution in [1.82, 2.24) is 10.6 Å². The highest BCUT2D eigenvalue weighted by Gasteiger charge is 2.18. The van der Waals surface area contributed by atoms with Crippen LogP contribution in [0.15, 0.2) is 39.9 Å². The standard InChI is InChI=1S/C14H17BrN2O/c1-9(11-7-16-8-11)14(18)17-10(2)12-5-3-4-6-13(12)15/h3-6,10,16H,7-8H2,1-2H3,(H,17,18). The van der Waals surface area contributed by atoms with Crippen molar-refractivity contribution in [3.63, 3.8) is 0 Å². The average molecular weight is 309 g/mol. The third-order valence-electron chi connectivity index (χ3n) is 3.27. The zero-order valence-corrected chi connectivity index (χ0v) is 12.2. The lowest BCUT2D eigenvalue weighted by molar-refractivity contribution is -0.118. The first-order valence-corrected chi connectivity index (χ1v) is 6.83. The minimum atomic E-state index is -0.00309. The number of halogens is 1. The molecule has 0 spiro atoms. The highest BCUT2D eigenvalue weighted by Crippen LogP contribution is 2.23. The van der Waals surface area contributed by atoms with Crippen molar-refractivity contribution in [2.45, 2.75) is 19.9 Å². The van der Waals surface area contributed by atoms with Crippen LogP contribution in [0.1, 0.15) is 25.5 Å². The van der Waals surface area contributed by atoms with Gasteiger partial charge in [-0.25, -0.2) is 0 Å². The Bertz CT molecular complexity index is 490. The van der Waals surface area contributed by atoms with E-state index in [0.29, 0.717) is 0 Å². The molecule has 18 heavy (non-hydrogen) atoms. The summed E-state index contributed by atoms with van der Waals surface area (Å²) < 4.78 is 1.02. The third-order valence-corrected chi connectivity index (χ3v) is 3.99. The van der Waals surface area contributed by atoms with Gasteiger partial charge in [0.2, 0.25) is 5.91 Å². The maximum Gasteiger partial charge on any atom is 0.247 e. The number of carbonyl (C=O) groups excluding carboxylic acids is 1. The predicted octanol–water partition coefficient (Wildman–Crippen LogP) is 2.55. The van der Waals surface area contributed by atoms with E-state index in [2.05, 4.69) is 26.6 Å². The fourth-order valence-corrected chi connectivity index (χ4v) is 2.51. The fraction of sp³-hybridized carbons (Fsp3) is 0.357. The smallest absolute Gasteiger partial charge is 0.247 e. The summed E-state index contributed by atoms with van der Waals surface area (Å²) in [6.07, 6.45) is 0. The van der Waals surface area contributed by atoms with Crippen LogP contribution in [-0.2, 0) is 4.79 Å². The molecule has 3 nitrogen and oxygen atoms in total. The maximum absolute atomic E-state index is 12.1. The summed E-state index contributed by atoms with van der Waals surface area (Å²) in [5.41, 5.74) is 3.13. The molecule has 1 unspecified atom stereocenters. The summed E-state index contributed by atoms with van der Waals surface area (Å²) in [7, 11) is 0. The first-order chi connectivity index (χ1) is 8.59. The van der Waals surface area contributed by atoms with E-state index >= 15 is 0 Å². The monoisotopic (exact) mass is 308 g/mol. The average Bonchev–Trinajstić information content (AvgIpc) is 2.26. The lowest BCUT2D eigenvalue weighted by atomic mass is 10.0. The second-order valence-corrected chi connectivity index (χ2v) is 5.40. The van der Waals surface area contributed by atoms with Gasteiger partial charge in [0.1, 0.15) is 0 Å². The van der Waals surface area contributed by atoms with Crippen LogP contribution in [0.2, 0.25) is 0 Å². The van der Waals surface area contributed by atoms with Gasteiger partial charge >= 0.3 is 0 Å².